The highest BCUT2D eigenvalue weighted by Crippen LogP contribution is 2.07. The van der Waals surface area contributed by atoms with Gasteiger partial charge in [0.05, 0.1) is 25.0 Å². The van der Waals surface area contributed by atoms with E-state index in [-0.39, 0.29) is 18.1 Å². The molecular formula is C9H11FN4O2. The van der Waals surface area contributed by atoms with Gasteiger partial charge in [-0.15, -0.1) is 0 Å². The van der Waals surface area contributed by atoms with Crippen LogP contribution in [0.1, 0.15) is 6.42 Å². The molecule has 86 valence electrons. The van der Waals surface area contributed by atoms with Crippen LogP contribution in [-0.2, 0) is 4.74 Å². The lowest BCUT2D eigenvalue weighted by atomic mass is 10.2. The molecule has 1 aromatic rings. The predicted octanol–water partition coefficient (Wildman–Crippen LogP) is 0.0981. The molecule has 0 amide bonds. The third-order valence-electron chi connectivity index (χ3n) is 2.01. The van der Waals surface area contributed by atoms with Crippen LogP contribution in [-0.4, -0.2) is 35.2 Å². The fourth-order valence-corrected chi connectivity index (χ4v) is 1.25. The van der Waals surface area contributed by atoms with E-state index in [0.717, 1.165) is 12.4 Å². The number of amidine groups is 1. The van der Waals surface area contributed by atoms with Gasteiger partial charge >= 0.3 is 6.01 Å². The summed E-state index contributed by atoms with van der Waals surface area (Å²) in [5, 5.41) is 0. The molecule has 1 aliphatic heterocycles. The number of ether oxygens (including phenoxy) is 2. The van der Waals surface area contributed by atoms with Gasteiger partial charge in [-0.2, -0.15) is 0 Å². The Labute approximate surface area is 91.3 Å². The minimum Gasteiger partial charge on any atom is -0.463 e. The van der Waals surface area contributed by atoms with Crippen LogP contribution >= 0.6 is 0 Å². The monoisotopic (exact) mass is 226 g/mol. The fraction of sp³-hybridized carbons (Fsp3) is 0.444. The lowest BCUT2D eigenvalue weighted by Crippen LogP contribution is -2.12. The topological polar surface area (TPSA) is 82.6 Å². The van der Waals surface area contributed by atoms with E-state index in [9.17, 15) is 4.39 Å². The van der Waals surface area contributed by atoms with E-state index in [4.69, 9.17) is 15.2 Å². The van der Waals surface area contributed by atoms with E-state index in [1.165, 1.54) is 0 Å². The molecule has 1 aliphatic rings. The summed E-state index contributed by atoms with van der Waals surface area (Å²) in [6.07, 6.45) is 2.76. The van der Waals surface area contributed by atoms with Gasteiger partial charge in [0.2, 0.25) is 0 Å². The minimum atomic E-state index is -0.492. The molecule has 6 nitrogen and oxygen atoms in total. The number of aliphatic imine (C=N–C) groups is 1. The summed E-state index contributed by atoms with van der Waals surface area (Å²) in [6.45, 7) is 0.857. The smallest absolute Gasteiger partial charge is 0.316 e. The zero-order chi connectivity index (χ0) is 11.4. The van der Waals surface area contributed by atoms with E-state index in [2.05, 4.69) is 15.0 Å². The number of rotatable bonds is 4. The molecule has 0 saturated heterocycles. The van der Waals surface area contributed by atoms with Crippen LogP contribution in [0.15, 0.2) is 17.4 Å². The van der Waals surface area contributed by atoms with Gasteiger partial charge in [-0.05, 0) is 0 Å². The van der Waals surface area contributed by atoms with Crippen molar-refractivity contribution < 1.29 is 13.9 Å². The van der Waals surface area contributed by atoms with Crippen LogP contribution in [0.2, 0.25) is 0 Å². The Morgan fingerprint density at radius 1 is 1.50 bits per heavy atom. The summed E-state index contributed by atoms with van der Waals surface area (Å²) in [4.78, 5) is 11.3. The summed E-state index contributed by atoms with van der Waals surface area (Å²) in [5.41, 5.74) is 5.35. The Kier molecular flexibility index (Phi) is 3.13. The van der Waals surface area contributed by atoms with Crippen LogP contribution in [0.3, 0.4) is 0 Å². The first-order valence-electron chi connectivity index (χ1n) is 4.80. The van der Waals surface area contributed by atoms with Gasteiger partial charge in [0.25, 0.3) is 6.02 Å². The van der Waals surface area contributed by atoms with Crippen molar-refractivity contribution in [3.63, 3.8) is 0 Å². The second-order valence-electron chi connectivity index (χ2n) is 3.25. The number of nitrogens with zero attached hydrogens (tertiary/aromatic N) is 3. The predicted molar refractivity (Wildman–Crippen MR) is 53.5 cm³/mol. The van der Waals surface area contributed by atoms with Gasteiger partial charge in [-0.3, -0.25) is 0 Å². The third-order valence-corrected chi connectivity index (χ3v) is 2.01. The van der Waals surface area contributed by atoms with E-state index in [1.54, 1.807) is 0 Å². The number of hydrogen-bond acceptors (Lipinski definition) is 6. The summed E-state index contributed by atoms with van der Waals surface area (Å²) in [5.74, 6) is -0.492. The van der Waals surface area contributed by atoms with E-state index >= 15 is 0 Å². The molecule has 0 saturated carbocycles. The normalized spacial score (nSPS) is 19.1. The molecule has 1 aromatic heterocycles. The highest BCUT2D eigenvalue weighted by molar-refractivity contribution is 5.72. The molecule has 0 bridgehead atoms. The maximum absolute atomic E-state index is 12.5. The van der Waals surface area contributed by atoms with Crippen molar-refractivity contribution >= 4 is 6.02 Å². The van der Waals surface area contributed by atoms with Gasteiger partial charge in [-0.25, -0.2) is 19.4 Å². The van der Waals surface area contributed by atoms with Crippen LogP contribution in [0.4, 0.5) is 4.39 Å². The molecular weight excluding hydrogens is 215 g/mol. The van der Waals surface area contributed by atoms with Gasteiger partial charge in [0, 0.05) is 6.42 Å². The Morgan fingerprint density at radius 2 is 2.25 bits per heavy atom. The Hall–Kier alpha value is -1.92. The molecule has 0 radical (unpaired) electrons. The first-order chi connectivity index (χ1) is 7.74. The van der Waals surface area contributed by atoms with Gasteiger partial charge < -0.3 is 15.2 Å². The van der Waals surface area contributed by atoms with Crippen LogP contribution in [0, 0.1) is 5.82 Å². The van der Waals surface area contributed by atoms with Crippen molar-refractivity contribution in [2.45, 2.75) is 12.5 Å². The zero-order valence-corrected chi connectivity index (χ0v) is 8.47. The highest BCUT2D eigenvalue weighted by atomic mass is 19.1. The highest BCUT2D eigenvalue weighted by Gasteiger charge is 2.16. The van der Waals surface area contributed by atoms with E-state index in [1.807, 2.05) is 0 Å². The van der Waals surface area contributed by atoms with Crippen molar-refractivity contribution in [3.05, 3.63) is 18.2 Å². The van der Waals surface area contributed by atoms with E-state index < -0.39 is 5.82 Å². The first kappa shape index (κ1) is 10.6. The van der Waals surface area contributed by atoms with Gasteiger partial charge in [0.1, 0.15) is 6.61 Å². The zero-order valence-electron chi connectivity index (χ0n) is 8.47. The average molecular weight is 226 g/mol. The average Bonchev–Trinajstić information content (AvgIpc) is 2.67. The Balaban J connectivity index is 1.74. The number of hydrogen-bond donors (Lipinski definition) is 1. The lowest BCUT2D eigenvalue weighted by molar-refractivity contribution is 0.250. The summed E-state index contributed by atoms with van der Waals surface area (Å²) in [7, 11) is 0. The molecule has 0 aromatic carbocycles. The molecule has 0 fully saturated rings. The lowest BCUT2D eigenvalue weighted by Gasteiger charge is -2.05. The largest absolute Gasteiger partial charge is 0.463 e. The van der Waals surface area contributed by atoms with Crippen molar-refractivity contribution in [3.8, 4) is 6.01 Å². The van der Waals surface area contributed by atoms with Crippen molar-refractivity contribution in [2.24, 2.45) is 10.7 Å². The SMILES string of the molecule is NC1=N[C@@H](CCOc2ncc(F)cn2)CO1. The number of halogens is 1. The van der Waals surface area contributed by atoms with Crippen molar-refractivity contribution in [1.82, 2.24) is 9.97 Å². The summed E-state index contributed by atoms with van der Waals surface area (Å²) >= 11 is 0. The standard InChI is InChI=1S/C9H11FN4O2/c10-6-3-12-9(13-4-6)15-2-1-7-5-16-8(11)14-7/h3-4,7H,1-2,5H2,(H2,11,14)/t7-/m0/s1. The fourth-order valence-electron chi connectivity index (χ4n) is 1.25. The Bertz CT molecular complexity index is 382. The Morgan fingerprint density at radius 3 is 2.88 bits per heavy atom. The van der Waals surface area contributed by atoms with Gasteiger partial charge in [0.15, 0.2) is 5.82 Å². The van der Waals surface area contributed by atoms with Crippen LogP contribution < -0.4 is 10.5 Å². The number of aromatic nitrogens is 2. The number of nitrogens with two attached hydrogens (primary N) is 1. The molecule has 2 heterocycles. The van der Waals surface area contributed by atoms with Crippen molar-refractivity contribution in [1.29, 1.82) is 0 Å². The maximum Gasteiger partial charge on any atom is 0.316 e. The molecule has 7 heteroatoms. The van der Waals surface area contributed by atoms with Gasteiger partial charge in [-0.1, -0.05) is 0 Å². The molecule has 0 aliphatic carbocycles. The first-order valence-corrected chi connectivity index (χ1v) is 4.80. The molecule has 2 rings (SSSR count). The third kappa shape index (κ3) is 2.78. The molecule has 16 heavy (non-hydrogen) atoms. The molecule has 2 N–H and O–H groups in total. The minimum absolute atomic E-state index is 0.0143. The summed E-state index contributed by atoms with van der Waals surface area (Å²) < 4.78 is 22.6. The quantitative estimate of drug-likeness (QED) is 0.787. The maximum atomic E-state index is 12.5. The van der Waals surface area contributed by atoms with Crippen LogP contribution in [0.5, 0.6) is 6.01 Å². The second kappa shape index (κ2) is 4.73. The molecule has 0 spiro atoms. The van der Waals surface area contributed by atoms with Crippen molar-refractivity contribution in [2.75, 3.05) is 13.2 Å². The van der Waals surface area contributed by atoms with Crippen LogP contribution in [0.25, 0.3) is 0 Å². The molecule has 0 unspecified atom stereocenters. The van der Waals surface area contributed by atoms with E-state index in [0.29, 0.717) is 19.6 Å². The molecule has 1 atom stereocenters. The second-order valence-corrected chi connectivity index (χ2v) is 3.25. The summed E-state index contributed by atoms with van der Waals surface area (Å²) in [6, 6.07) is 0.376.